The van der Waals surface area contributed by atoms with Gasteiger partial charge in [-0.1, -0.05) is 12.1 Å². The molecule has 1 aromatic rings. The van der Waals surface area contributed by atoms with Crippen LogP contribution in [0, 0.1) is 0 Å². The first kappa shape index (κ1) is 9.39. The van der Waals surface area contributed by atoms with Crippen LogP contribution >= 0.6 is 0 Å². The number of rotatable bonds is 2. The SMILES string of the molecule is O=C(Oc1ccccc1O)C1=COCO1. The second-order valence-electron chi connectivity index (χ2n) is 2.77. The molecule has 78 valence electrons. The van der Waals surface area contributed by atoms with Crippen LogP contribution in [0.25, 0.3) is 0 Å². The second-order valence-corrected chi connectivity index (χ2v) is 2.77. The van der Waals surface area contributed by atoms with E-state index >= 15 is 0 Å². The molecular weight excluding hydrogens is 200 g/mol. The van der Waals surface area contributed by atoms with Crippen molar-refractivity contribution in [3.63, 3.8) is 0 Å². The molecule has 2 rings (SSSR count). The number of phenolic OH excluding ortho intramolecular Hbond substituents is 1. The first-order valence-electron chi connectivity index (χ1n) is 4.22. The zero-order valence-electron chi connectivity index (χ0n) is 7.67. The van der Waals surface area contributed by atoms with Gasteiger partial charge in [0, 0.05) is 0 Å². The van der Waals surface area contributed by atoms with Crippen LogP contribution < -0.4 is 4.74 Å². The summed E-state index contributed by atoms with van der Waals surface area (Å²) >= 11 is 0. The lowest BCUT2D eigenvalue weighted by Gasteiger charge is -2.04. The van der Waals surface area contributed by atoms with Gasteiger partial charge in [0.05, 0.1) is 0 Å². The van der Waals surface area contributed by atoms with Crippen molar-refractivity contribution in [1.82, 2.24) is 0 Å². The molecule has 0 spiro atoms. The Labute approximate surface area is 85.5 Å². The molecule has 1 heterocycles. The van der Waals surface area contributed by atoms with Gasteiger partial charge in [0.1, 0.15) is 6.26 Å². The number of hydrogen-bond donors (Lipinski definition) is 1. The number of carbonyl (C=O) groups excluding carboxylic acids is 1. The zero-order valence-corrected chi connectivity index (χ0v) is 7.67. The fourth-order valence-electron chi connectivity index (χ4n) is 1.04. The van der Waals surface area contributed by atoms with Crippen LogP contribution in [0.3, 0.4) is 0 Å². The van der Waals surface area contributed by atoms with Crippen molar-refractivity contribution < 1.29 is 24.1 Å². The predicted molar refractivity (Wildman–Crippen MR) is 48.9 cm³/mol. The number of phenols is 1. The van der Waals surface area contributed by atoms with Crippen molar-refractivity contribution in [3.05, 3.63) is 36.3 Å². The first-order valence-corrected chi connectivity index (χ1v) is 4.22. The molecule has 0 atom stereocenters. The van der Waals surface area contributed by atoms with Gasteiger partial charge < -0.3 is 19.3 Å². The van der Waals surface area contributed by atoms with Crippen LogP contribution in [0.5, 0.6) is 11.5 Å². The monoisotopic (exact) mass is 208 g/mol. The van der Waals surface area contributed by atoms with Crippen LogP contribution in [-0.2, 0) is 14.3 Å². The van der Waals surface area contributed by atoms with Gasteiger partial charge in [-0.25, -0.2) is 4.79 Å². The van der Waals surface area contributed by atoms with E-state index in [1.807, 2.05) is 0 Å². The van der Waals surface area contributed by atoms with Crippen molar-refractivity contribution in [3.8, 4) is 11.5 Å². The number of benzene rings is 1. The fraction of sp³-hybridized carbons (Fsp3) is 0.100. The predicted octanol–water partition coefficient (Wildman–Crippen LogP) is 1.14. The van der Waals surface area contributed by atoms with Crippen molar-refractivity contribution in [2.75, 3.05) is 6.79 Å². The standard InChI is InChI=1S/C10H8O5/c11-7-3-1-2-4-8(7)15-10(12)9-5-13-6-14-9/h1-5,11H,6H2. The van der Waals surface area contributed by atoms with Crippen molar-refractivity contribution in [2.24, 2.45) is 0 Å². The molecule has 5 nitrogen and oxygen atoms in total. The van der Waals surface area contributed by atoms with E-state index in [9.17, 15) is 9.90 Å². The average Bonchev–Trinajstić information content (AvgIpc) is 2.74. The third kappa shape index (κ3) is 2.01. The highest BCUT2D eigenvalue weighted by molar-refractivity contribution is 5.88. The average molecular weight is 208 g/mol. The van der Waals surface area contributed by atoms with Crippen molar-refractivity contribution in [2.45, 2.75) is 0 Å². The molecule has 0 aromatic heterocycles. The van der Waals surface area contributed by atoms with Crippen LogP contribution in [0.1, 0.15) is 0 Å². The van der Waals surface area contributed by atoms with E-state index in [2.05, 4.69) is 0 Å². The molecule has 0 radical (unpaired) electrons. The van der Waals surface area contributed by atoms with Crippen LogP contribution in [0.15, 0.2) is 36.3 Å². The summed E-state index contributed by atoms with van der Waals surface area (Å²) in [6, 6.07) is 6.16. The van der Waals surface area contributed by atoms with Gasteiger partial charge in [-0.15, -0.1) is 0 Å². The Bertz CT molecular complexity index is 410. The van der Waals surface area contributed by atoms with Gasteiger partial charge in [-0.2, -0.15) is 0 Å². The van der Waals surface area contributed by atoms with E-state index in [0.29, 0.717) is 0 Å². The molecule has 0 amide bonds. The summed E-state index contributed by atoms with van der Waals surface area (Å²) < 4.78 is 14.4. The molecule has 5 heteroatoms. The summed E-state index contributed by atoms with van der Waals surface area (Å²) in [6.45, 7) is 0.00516. The summed E-state index contributed by atoms with van der Waals surface area (Å²) in [4.78, 5) is 11.4. The summed E-state index contributed by atoms with van der Waals surface area (Å²) in [5.74, 6) is -0.739. The lowest BCUT2D eigenvalue weighted by Crippen LogP contribution is -2.11. The Morgan fingerprint density at radius 3 is 2.87 bits per heavy atom. The van der Waals surface area contributed by atoms with E-state index in [1.54, 1.807) is 12.1 Å². The van der Waals surface area contributed by atoms with Gasteiger partial charge >= 0.3 is 5.97 Å². The maximum Gasteiger partial charge on any atom is 0.382 e. The minimum atomic E-state index is -0.700. The first-order chi connectivity index (χ1) is 7.27. The third-order valence-electron chi connectivity index (χ3n) is 1.74. The molecule has 0 aliphatic carbocycles. The fourth-order valence-corrected chi connectivity index (χ4v) is 1.04. The second kappa shape index (κ2) is 3.91. The van der Waals surface area contributed by atoms with Gasteiger partial charge in [-0.3, -0.25) is 0 Å². The number of hydrogen-bond acceptors (Lipinski definition) is 5. The molecular formula is C10H8O5. The summed E-state index contributed by atoms with van der Waals surface area (Å²) in [6.07, 6.45) is 1.17. The van der Waals surface area contributed by atoms with E-state index in [-0.39, 0.29) is 24.1 Å². The molecule has 0 unspecified atom stereocenters. The normalized spacial score (nSPS) is 13.7. The molecule has 0 fully saturated rings. The molecule has 15 heavy (non-hydrogen) atoms. The molecule has 1 aromatic carbocycles. The van der Waals surface area contributed by atoms with Gasteiger partial charge in [-0.05, 0) is 12.1 Å². The Kier molecular flexibility index (Phi) is 2.45. The van der Waals surface area contributed by atoms with E-state index in [4.69, 9.17) is 14.2 Å². The van der Waals surface area contributed by atoms with Gasteiger partial charge in [0.25, 0.3) is 0 Å². The smallest absolute Gasteiger partial charge is 0.382 e. The lowest BCUT2D eigenvalue weighted by atomic mass is 10.3. The number of carbonyl (C=O) groups is 1. The third-order valence-corrected chi connectivity index (χ3v) is 1.74. The highest BCUT2D eigenvalue weighted by Gasteiger charge is 2.19. The van der Waals surface area contributed by atoms with Gasteiger partial charge in [0.2, 0.25) is 12.6 Å². The van der Waals surface area contributed by atoms with Crippen molar-refractivity contribution in [1.29, 1.82) is 0 Å². The Morgan fingerprint density at radius 1 is 1.40 bits per heavy atom. The topological polar surface area (TPSA) is 65.0 Å². The number of aromatic hydroxyl groups is 1. The van der Waals surface area contributed by atoms with Crippen LogP contribution in [0.4, 0.5) is 0 Å². The van der Waals surface area contributed by atoms with E-state index < -0.39 is 5.97 Å². The van der Waals surface area contributed by atoms with E-state index in [0.717, 1.165) is 0 Å². The molecule has 0 bridgehead atoms. The summed E-state index contributed by atoms with van der Waals surface area (Å²) in [5.41, 5.74) is 0. The number of ether oxygens (including phenoxy) is 3. The minimum absolute atomic E-state index is 0.00516. The summed E-state index contributed by atoms with van der Waals surface area (Å²) in [5, 5.41) is 9.33. The highest BCUT2D eigenvalue weighted by atomic mass is 16.7. The molecule has 0 saturated carbocycles. The Morgan fingerprint density at radius 2 is 2.20 bits per heavy atom. The summed E-state index contributed by atoms with van der Waals surface area (Å²) in [7, 11) is 0. The Balaban J connectivity index is 2.09. The maximum atomic E-state index is 11.4. The molecule has 1 aliphatic heterocycles. The molecule has 1 N–H and O–H groups in total. The quantitative estimate of drug-likeness (QED) is 0.583. The maximum absolute atomic E-state index is 11.4. The van der Waals surface area contributed by atoms with Crippen LogP contribution in [-0.4, -0.2) is 17.9 Å². The highest BCUT2D eigenvalue weighted by Crippen LogP contribution is 2.25. The number of para-hydroxylation sites is 2. The lowest BCUT2D eigenvalue weighted by molar-refractivity contribution is -0.134. The largest absolute Gasteiger partial charge is 0.504 e. The Hall–Kier alpha value is -2.17. The molecule has 0 saturated heterocycles. The van der Waals surface area contributed by atoms with Crippen molar-refractivity contribution >= 4 is 5.97 Å². The van der Waals surface area contributed by atoms with Gasteiger partial charge in [0.15, 0.2) is 11.5 Å². The molecule has 1 aliphatic rings. The van der Waals surface area contributed by atoms with Crippen LogP contribution in [0.2, 0.25) is 0 Å². The van der Waals surface area contributed by atoms with E-state index in [1.165, 1.54) is 18.4 Å². The zero-order chi connectivity index (χ0) is 10.7. The minimum Gasteiger partial charge on any atom is -0.504 e. The number of esters is 1.